The fourth-order valence-electron chi connectivity index (χ4n) is 8.77. The van der Waals surface area contributed by atoms with Crippen LogP contribution in [0.2, 0.25) is 0 Å². The predicted molar refractivity (Wildman–Crippen MR) is 195 cm³/mol. The van der Waals surface area contributed by atoms with Crippen LogP contribution >= 0.6 is 0 Å². The van der Waals surface area contributed by atoms with Crippen molar-refractivity contribution in [3.63, 3.8) is 0 Å². The smallest absolute Gasteiger partial charge is 0.287 e. The molecule has 286 valence electrons. The van der Waals surface area contributed by atoms with Gasteiger partial charge < -0.3 is 15.5 Å². The minimum absolute atomic E-state index is 0.0613. The average Bonchev–Trinajstić information content (AvgIpc) is 3.82. The highest BCUT2D eigenvalue weighted by atomic mass is 16.2. The molecule has 4 rings (SSSR count). The van der Waals surface area contributed by atoms with Crippen LogP contribution in [0, 0.1) is 40.9 Å². The molecule has 3 aliphatic carbocycles. The lowest BCUT2D eigenvalue weighted by atomic mass is 9.76. The number of carbonyl (C=O) groups is 7. The number of nitrogens with zero attached hydrogens (tertiary/aromatic N) is 1. The van der Waals surface area contributed by atoms with Gasteiger partial charge in [-0.2, -0.15) is 0 Å². The van der Waals surface area contributed by atoms with Crippen molar-refractivity contribution in [2.75, 3.05) is 6.54 Å². The van der Waals surface area contributed by atoms with Gasteiger partial charge in [0.15, 0.2) is 11.6 Å². The Labute approximate surface area is 305 Å². The van der Waals surface area contributed by atoms with Gasteiger partial charge >= 0.3 is 0 Å². The van der Waals surface area contributed by atoms with Gasteiger partial charge in [0.05, 0.1) is 6.04 Å². The summed E-state index contributed by atoms with van der Waals surface area (Å²) in [6.07, 6.45) is 11.7. The standard InChI is InChI=1S/C41H65N3O7/c1-7-13-29(36(48)34(46)20-26-18-19-26)22-33(45)32-21-28-16-11-12-17-31(28)44(32)40(51)37(41(4,5)6)43-38(49)30(27-14-9-8-10-15-27)23-35(47)39(50)42-24-25(2)3/h25-32,37H,7-24H2,1-6H3,(H,42,50)(H,43,49)/t28-,29+,30-,31-,32-,37+/m0/s1. The maximum absolute atomic E-state index is 14.9. The van der Waals surface area contributed by atoms with Crippen LogP contribution in [-0.4, -0.2) is 70.4 Å². The molecule has 3 saturated carbocycles. The van der Waals surface area contributed by atoms with Crippen molar-refractivity contribution in [1.29, 1.82) is 0 Å². The van der Waals surface area contributed by atoms with E-state index in [1.165, 1.54) is 0 Å². The second kappa shape index (κ2) is 18.2. The number of ketones is 4. The molecule has 2 N–H and O–H groups in total. The van der Waals surface area contributed by atoms with E-state index in [4.69, 9.17) is 0 Å². The Bertz CT molecular complexity index is 1290. The van der Waals surface area contributed by atoms with Crippen LogP contribution < -0.4 is 10.6 Å². The Morgan fingerprint density at radius 3 is 2.06 bits per heavy atom. The Morgan fingerprint density at radius 2 is 1.45 bits per heavy atom. The highest BCUT2D eigenvalue weighted by molar-refractivity contribution is 6.38. The van der Waals surface area contributed by atoms with Gasteiger partial charge in [0.1, 0.15) is 6.04 Å². The molecule has 4 fully saturated rings. The van der Waals surface area contributed by atoms with Gasteiger partial charge in [0.25, 0.3) is 5.91 Å². The quantitative estimate of drug-likeness (QED) is 0.168. The van der Waals surface area contributed by atoms with E-state index in [-0.39, 0.29) is 66.4 Å². The summed E-state index contributed by atoms with van der Waals surface area (Å²) in [5.74, 6) is -3.91. The molecule has 6 atom stereocenters. The van der Waals surface area contributed by atoms with Crippen LogP contribution in [0.4, 0.5) is 0 Å². The van der Waals surface area contributed by atoms with Gasteiger partial charge in [0, 0.05) is 43.7 Å². The highest BCUT2D eigenvalue weighted by Gasteiger charge is 2.51. The molecule has 10 heteroatoms. The lowest BCUT2D eigenvalue weighted by Crippen LogP contribution is -2.60. The number of carbonyl (C=O) groups excluding carboxylic acids is 7. The molecule has 1 saturated heterocycles. The summed E-state index contributed by atoms with van der Waals surface area (Å²) in [4.78, 5) is 97.0. The van der Waals surface area contributed by atoms with Crippen molar-refractivity contribution >= 4 is 40.9 Å². The van der Waals surface area contributed by atoms with Crippen LogP contribution in [0.25, 0.3) is 0 Å². The van der Waals surface area contributed by atoms with Gasteiger partial charge in [-0.25, -0.2) is 0 Å². The summed E-state index contributed by atoms with van der Waals surface area (Å²) >= 11 is 0. The molecule has 4 aliphatic rings. The van der Waals surface area contributed by atoms with Crippen LogP contribution in [0.15, 0.2) is 0 Å². The SMILES string of the molecule is CCC[C@H](CC(=O)[C@@H]1C[C@@H]2CCCC[C@@H]2N1C(=O)[C@@H](NC(=O)[C@@H](CC(=O)C(=O)NCC(C)C)C1CCCCC1)C(C)(C)C)C(=O)C(=O)CC1CC1. The normalized spacial score (nSPS) is 24.3. The number of hydrogen-bond acceptors (Lipinski definition) is 7. The van der Waals surface area contributed by atoms with Crippen molar-refractivity contribution in [1.82, 2.24) is 15.5 Å². The number of amides is 3. The molecule has 0 aromatic heterocycles. The first-order valence-electron chi connectivity index (χ1n) is 20.2. The summed E-state index contributed by atoms with van der Waals surface area (Å²) < 4.78 is 0. The van der Waals surface area contributed by atoms with E-state index in [2.05, 4.69) is 10.6 Å². The highest BCUT2D eigenvalue weighted by Crippen LogP contribution is 2.42. The summed E-state index contributed by atoms with van der Waals surface area (Å²) in [6, 6.07) is -1.83. The number of fused-ring (bicyclic) bond motifs is 1. The molecule has 1 aliphatic heterocycles. The molecule has 0 spiro atoms. The van der Waals surface area contributed by atoms with Gasteiger partial charge in [0.2, 0.25) is 23.4 Å². The van der Waals surface area contributed by atoms with E-state index in [0.717, 1.165) is 70.6 Å². The fourth-order valence-corrected chi connectivity index (χ4v) is 8.77. The minimum atomic E-state index is -0.967. The number of Topliss-reactive ketones (excluding diaryl/α,β-unsaturated/α-hetero) is 4. The van der Waals surface area contributed by atoms with Crippen molar-refractivity contribution in [2.24, 2.45) is 40.9 Å². The molecular formula is C41H65N3O7. The molecule has 51 heavy (non-hydrogen) atoms. The van der Waals surface area contributed by atoms with Gasteiger partial charge in [-0.3, -0.25) is 33.6 Å². The number of nitrogens with one attached hydrogen (secondary N) is 2. The Balaban J connectivity index is 1.57. The zero-order chi connectivity index (χ0) is 37.5. The number of rotatable bonds is 18. The molecule has 0 aromatic rings. The molecule has 0 aromatic carbocycles. The van der Waals surface area contributed by atoms with Crippen LogP contribution in [-0.2, 0) is 33.6 Å². The average molecular weight is 712 g/mol. The Hall–Kier alpha value is -2.91. The predicted octanol–water partition coefficient (Wildman–Crippen LogP) is 5.92. The van der Waals surface area contributed by atoms with Crippen LogP contribution in [0.5, 0.6) is 0 Å². The molecule has 0 unspecified atom stereocenters. The van der Waals surface area contributed by atoms with Crippen LogP contribution in [0.3, 0.4) is 0 Å². The van der Waals surface area contributed by atoms with Crippen molar-refractivity contribution in [3.8, 4) is 0 Å². The maximum atomic E-state index is 14.9. The molecular weight excluding hydrogens is 646 g/mol. The molecule has 10 nitrogen and oxygen atoms in total. The minimum Gasteiger partial charge on any atom is -0.349 e. The van der Waals surface area contributed by atoms with E-state index in [0.29, 0.717) is 25.8 Å². The van der Waals surface area contributed by atoms with Crippen LogP contribution in [0.1, 0.15) is 151 Å². The van der Waals surface area contributed by atoms with Gasteiger partial charge in [-0.1, -0.05) is 80.1 Å². The monoisotopic (exact) mass is 711 g/mol. The van der Waals surface area contributed by atoms with E-state index >= 15 is 0 Å². The van der Waals surface area contributed by atoms with Gasteiger partial charge in [-0.15, -0.1) is 0 Å². The third-order valence-corrected chi connectivity index (χ3v) is 11.9. The Kier molecular flexibility index (Phi) is 14.6. The molecule has 1 heterocycles. The fraction of sp³-hybridized carbons (Fsp3) is 0.829. The second-order valence-electron chi connectivity index (χ2n) is 17.7. The van der Waals surface area contributed by atoms with Crippen molar-refractivity contribution < 1.29 is 33.6 Å². The third kappa shape index (κ3) is 11.0. The summed E-state index contributed by atoms with van der Waals surface area (Å²) in [5.41, 5.74) is -0.723. The molecule has 0 radical (unpaired) electrons. The molecule has 3 amide bonds. The summed E-state index contributed by atoms with van der Waals surface area (Å²) in [6.45, 7) is 11.9. The first-order valence-corrected chi connectivity index (χ1v) is 20.2. The first-order chi connectivity index (χ1) is 24.1. The lowest BCUT2D eigenvalue weighted by Gasteiger charge is -2.40. The van der Waals surface area contributed by atoms with Gasteiger partial charge in [-0.05, 0) is 80.5 Å². The van der Waals surface area contributed by atoms with E-state index in [1.54, 1.807) is 4.90 Å². The van der Waals surface area contributed by atoms with E-state index in [1.807, 2.05) is 41.5 Å². The first kappa shape index (κ1) is 40.9. The number of likely N-dealkylation sites (tertiary alicyclic amines) is 1. The maximum Gasteiger partial charge on any atom is 0.287 e. The van der Waals surface area contributed by atoms with Crippen molar-refractivity contribution in [3.05, 3.63) is 0 Å². The second-order valence-corrected chi connectivity index (χ2v) is 17.7. The molecule has 0 bridgehead atoms. The lowest BCUT2D eigenvalue weighted by molar-refractivity contribution is -0.148. The third-order valence-electron chi connectivity index (χ3n) is 11.9. The zero-order valence-corrected chi connectivity index (χ0v) is 32.2. The topological polar surface area (TPSA) is 147 Å². The largest absolute Gasteiger partial charge is 0.349 e. The number of hydrogen-bond donors (Lipinski definition) is 2. The zero-order valence-electron chi connectivity index (χ0n) is 32.2. The Morgan fingerprint density at radius 1 is 0.804 bits per heavy atom. The van der Waals surface area contributed by atoms with E-state index in [9.17, 15) is 33.6 Å². The summed E-state index contributed by atoms with van der Waals surface area (Å²) in [5, 5.41) is 5.76. The van der Waals surface area contributed by atoms with Crippen molar-refractivity contribution in [2.45, 2.75) is 169 Å². The van der Waals surface area contributed by atoms with E-state index < -0.39 is 52.7 Å². The summed E-state index contributed by atoms with van der Waals surface area (Å²) in [7, 11) is 0.